The van der Waals surface area contributed by atoms with Crippen molar-refractivity contribution in [2.24, 2.45) is 46.3 Å². The van der Waals surface area contributed by atoms with E-state index in [1.807, 2.05) is 0 Å². The Hall–Kier alpha value is -1.58. The fourth-order valence-electron chi connectivity index (χ4n) is 9.28. The number of ether oxygens (including phenoxy) is 1. The standard InChI is InChI=1S/C34H56N2O2/c1-8-33(6)26(20-25(5)38-32(37)17-13-27-21-35-22-36-27)12-14-28-30-16-15-29(24(4)11-9-10-23(2)3)34(30,7)19-18-31(28)33/h12,21-25,28-31H,8-11,13-20H2,1-7H3,(H,35,36). The van der Waals surface area contributed by atoms with Crippen molar-refractivity contribution >= 4 is 5.97 Å². The second-order valence-corrected chi connectivity index (χ2v) is 14.2. The molecule has 8 unspecified atom stereocenters. The Morgan fingerprint density at radius 3 is 2.61 bits per heavy atom. The zero-order valence-corrected chi connectivity index (χ0v) is 25.5. The number of rotatable bonds is 12. The van der Waals surface area contributed by atoms with E-state index in [9.17, 15) is 4.79 Å². The number of nitrogens with one attached hydrogen (secondary N) is 1. The van der Waals surface area contributed by atoms with E-state index < -0.39 is 0 Å². The molecule has 1 N–H and O–H groups in total. The maximum atomic E-state index is 12.5. The van der Waals surface area contributed by atoms with Gasteiger partial charge in [-0.05, 0) is 98.2 Å². The Morgan fingerprint density at radius 1 is 1.13 bits per heavy atom. The van der Waals surface area contributed by atoms with Crippen molar-refractivity contribution in [1.82, 2.24) is 9.97 Å². The molecule has 0 spiro atoms. The van der Waals surface area contributed by atoms with Gasteiger partial charge < -0.3 is 9.72 Å². The molecule has 0 amide bonds. The molecule has 38 heavy (non-hydrogen) atoms. The van der Waals surface area contributed by atoms with Crippen LogP contribution in [0.25, 0.3) is 0 Å². The van der Waals surface area contributed by atoms with Gasteiger partial charge in [0.1, 0.15) is 6.10 Å². The molecule has 4 rings (SSSR count). The van der Waals surface area contributed by atoms with Gasteiger partial charge in [-0.2, -0.15) is 0 Å². The first kappa shape index (κ1) is 29.4. The first-order valence-corrected chi connectivity index (χ1v) is 15.9. The maximum Gasteiger partial charge on any atom is 0.306 e. The Bertz CT molecular complexity index is 936. The third-order valence-electron chi connectivity index (χ3n) is 11.6. The molecule has 3 aliphatic carbocycles. The van der Waals surface area contributed by atoms with Crippen LogP contribution in [0.1, 0.15) is 125 Å². The molecule has 0 bridgehead atoms. The molecule has 4 heteroatoms. The molecule has 8 atom stereocenters. The van der Waals surface area contributed by atoms with Gasteiger partial charge in [-0.25, -0.2) is 4.98 Å². The largest absolute Gasteiger partial charge is 0.462 e. The number of carbonyl (C=O) groups is 1. The van der Waals surface area contributed by atoms with Gasteiger partial charge in [0.15, 0.2) is 0 Å². The summed E-state index contributed by atoms with van der Waals surface area (Å²) in [6, 6.07) is 0. The van der Waals surface area contributed by atoms with E-state index >= 15 is 0 Å². The predicted octanol–water partition coefficient (Wildman–Crippen LogP) is 8.93. The third kappa shape index (κ3) is 6.09. The summed E-state index contributed by atoms with van der Waals surface area (Å²) in [5.41, 5.74) is 3.28. The second-order valence-electron chi connectivity index (χ2n) is 14.2. The number of nitrogens with zero attached hydrogens (tertiary/aromatic N) is 1. The lowest BCUT2D eigenvalue weighted by Gasteiger charge is -2.57. The highest BCUT2D eigenvalue weighted by molar-refractivity contribution is 5.69. The molecular weight excluding hydrogens is 468 g/mol. The van der Waals surface area contributed by atoms with Crippen LogP contribution in [-0.2, 0) is 16.0 Å². The molecule has 2 saturated carbocycles. The average Bonchev–Trinajstić information content (AvgIpc) is 3.51. The molecule has 0 saturated heterocycles. The molecule has 0 radical (unpaired) electrons. The fourth-order valence-corrected chi connectivity index (χ4v) is 9.28. The van der Waals surface area contributed by atoms with Crippen LogP contribution in [-0.4, -0.2) is 22.0 Å². The average molecular weight is 525 g/mol. The summed E-state index contributed by atoms with van der Waals surface area (Å²) >= 11 is 0. The van der Waals surface area contributed by atoms with Crippen molar-refractivity contribution in [3.05, 3.63) is 29.9 Å². The molecule has 2 fully saturated rings. The highest BCUT2D eigenvalue weighted by Crippen LogP contribution is 2.66. The van der Waals surface area contributed by atoms with Gasteiger partial charge in [-0.1, -0.05) is 72.5 Å². The maximum absolute atomic E-state index is 12.5. The van der Waals surface area contributed by atoms with E-state index in [2.05, 4.69) is 64.5 Å². The SMILES string of the molecule is CCC1(C)C(CC(C)OC(=O)CCc2cnc[nH]2)=CCC2C1CCC1(C)C(C(C)CCCC(C)C)CCC21. The summed E-state index contributed by atoms with van der Waals surface area (Å²) in [5.74, 6) is 4.95. The van der Waals surface area contributed by atoms with Gasteiger partial charge in [0, 0.05) is 18.3 Å². The molecule has 0 aromatic carbocycles. The van der Waals surface area contributed by atoms with Gasteiger partial charge in [0.05, 0.1) is 12.7 Å². The highest BCUT2D eigenvalue weighted by Gasteiger charge is 2.58. The van der Waals surface area contributed by atoms with Gasteiger partial charge in [0.2, 0.25) is 0 Å². The molecule has 4 nitrogen and oxygen atoms in total. The monoisotopic (exact) mass is 524 g/mol. The van der Waals surface area contributed by atoms with Crippen LogP contribution >= 0.6 is 0 Å². The normalized spacial score (nSPS) is 34.4. The Labute approximate surface area is 233 Å². The molecular formula is C34H56N2O2. The number of aryl methyl sites for hydroxylation is 1. The Kier molecular flexibility index (Phi) is 9.51. The second kappa shape index (κ2) is 12.3. The van der Waals surface area contributed by atoms with Crippen LogP contribution in [0.15, 0.2) is 24.2 Å². The van der Waals surface area contributed by atoms with E-state index in [0.29, 0.717) is 18.3 Å². The number of H-pyrrole nitrogens is 1. The summed E-state index contributed by atoms with van der Waals surface area (Å²) in [4.78, 5) is 19.6. The minimum absolute atomic E-state index is 0.0747. The number of carbonyl (C=O) groups excluding carboxylic acids is 1. The van der Waals surface area contributed by atoms with Crippen LogP contribution in [0.2, 0.25) is 0 Å². The van der Waals surface area contributed by atoms with E-state index in [-0.39, 0.29) is 17.5 Å². The molecule has 3 aliphatic rings. The minimum atomic E-state index is -0.104. The lowest BCUT2D eigenvalue weighted by atomic mass is 9.48. The Balaban J connectivity index is 1.39. The molecule has 1 heterocycles. The molecule has 214 valence electrons. The van der Waals surface area contributed by atoms with E-state index in [4.69, 9.17) is 4.74 Å². The number of aromatic amines is 1. The minimum Gasteiger partial charge on any atom is -0.462 e. The van der Waals surface area contributed by atoms with Crippen LogP contribution in [0, 0.1) is 46.3 Å². The third-order valence-corrected chi connectivity index (χ3v) is 11.6. The smallest absolute Gasteiger partial charge is 0.306 e. The highest BCUT2D eigenvalue weighted by atomic mass is 16.5. The predicted molar refractivity (Wildman–Crippen MR) is 157 cm³/mol. The number of hydrogen-bond donors (Lipinski definition) is 1. The summed E-state index contributed by atoms with van der Waals surface area (Å²) in [7, 11) is 0. The van der Waals surface area contributed by atoms with Crippen molar-refractivity contribution < 1.29 is 9.53 Å². The molecule has 1 aromatic rings. The quantitative estimate of drug-likeness (QED) is 0.219. The topological polar surface area (TPSA) is 55.0 Å². The van der Waals surface area contributed by atoms with Crippen LogP contribution < -0.4 is 0 Å². The molecule has 1 aromatic heterocycles. The van der Waals surface area contributed by atoms with Crippen molar-refractivity contribution in [3.8, 4) is 0 Å². The lowest BCUT2D eigenvalue weighted by Crippen LogP contribution is -2.49. The van der Waals surface area contributed by atoms with Gasteiger partial charge in [-0.15, -0.1) is 0 Å². The number of esters is 1. The summed E-state index contributed by atoms with van der Waals surface area (Å²) in [6.45, 7) is 17.0. The lowest BCUT2D eigenvalue weighted by molar-refractivity contribution is -0.148. The van der Waals surface area contributed by atoms with Crippen LogP contribution in [0.5, 0.6) is 0 Å². The van der Waals surface area contributed by atoms with Gasteiger partial charge in [-0.3, -0.25) is 4.79 Å². The first-order chi connectivity index (χ1) is 18.1. The zero-order chi connectivity index (χ0) is 27.5. The molecule has 0 aliphatic heterocycles. The van der Waals surface area contributed by atoms with E-state index in [1.165, 1.54) is 57.8 Å². The van der Waals surface area contributed by atoms with Gasteiger partial charge in [0.25, 0.3) is 0 Å². The van der Waals surface area contributed by atoms with Crippen LogP contribution in [0.4, 0.5) is 0 Å². The number of aromatic nitrogens is 2. The fraction of sp³-hybridized carbons (Fsp3) is 0.824. The number of fused-ring (bicyclic) bond motifs is 3. The first-order valence-electron chi connectivity index (χ1n) is 15.9. The summed E-state index contributed by atoms with van der Waals surface area (Å²) in [5, 5.41) is 0. The van der Waals surface area contributed by atoms with E-state index in [0.717, 1.165) is 47.6 Å². The van der Waals surface area contributed by atoms with Gasteiger partial charge >= 0.3 is 5.97 Å². The van der Waals surface area contributed by atoms with E-state index in [1.54, 1.807) is 18.1 Å². The van der Waals surface area contributed by atoms with Crippen molar-refractivity contribution in [3.63, 3.8) is 0 Å². The van der Waals surface area contributed by atoms with Crippen molar-refractivity contribution in [1.29, 1.82) is 0 Å². The summed E-state index contributed by atoms with van der Waals surface area (Å²) in [6.07, 6.45) is 20.1. The number of hydrogen-bond acceptors (Lipinski definition) is 3. The zero-order valence-electron chi connectivity index (χ0n) is 25.5. The Morgan fingerprint density at radius 2 is 1.92 bits per heavy atom. The summed E-state index contributed by atoms with van der Waals surface area (Å²) < 4.78 is 5.88. The number of imidazole rings is 1. The van der Waals surface area contributed by atoms with Crippen molar-refractivity contribution in [2.45, 2.75) is 132 Å². The van der Waals surface area contributed by atoms with Crippen molar-refractivity contribution in [2.75, 3.05) is 0 Å². The number of allylic oxidation sites excluding steroid dienone is 1. The van der Waals surface area contributed by atoms with Crippen LogP contribution in [0.3, 0.4) is 0 Å².